The van der Waals surface area contributed by atoms with Crippen molar-refractivity contribution in [2.24, 2.45) is 0 Å². The lowest BCUT2D eigenvalue weighted by Gasteiger charge is -2.02. The molecule has 0 bridgehead atoms. The van der Waals surface area contributed by atoms with Crippen molar-refractivity contribution >= 4 is 0 Å². The van der Waals surface area contributed by atoms with E-state index in [9.17, 15) is 0 Å². The molecule has 0 fully saturated rings. The zero-order valence-electron chi connectivity index (χ0n) is 11.9. The molecule has 2 nitrogen and oxygen atoms in total. The Balaban J connectivity index is 2.00. The van der Waals surface area contributed by atoms with E-state index in [0.29, 0.717) is 0 Å². The van der Waals surface area contributed by atoms with Crippen molar-refractivity contribution in [2.45, 2.75) is 20.3 Å². The van der Waals surface area contributed by atoms with Gasteiger partial charge in [0.25, 0.3) is 0 Å². The van der Waals surface area contributed by atoms with Gasteiger partial charge in [-0.3, -0.25) is 0 Å². The van der Waals surface area contributed by atoms with Crippen molar-refractivity contribution in [3.05, 3.63) is 72.1 Å². The quantitative estimate of drug-likeness (QED) is 0.683. The molecule has 0 N–H and O–H groups in total. The molecule has 0 atom stereocenters. The van der Waals surface area contributed by atoms with Crippen LogP contribution in [0.2, 0.25) is 0 Å². The summed E-state index contributed by atoms with van der Waals surface area (Å²) in [7, 11) is 0. The van der Waals surface area contributed by atoms with Crippen molar-refractivity contribution in [2.75, 3.05) is 0 Å². The third-order valence-electron chi connectivity index (χ3n) is 3.59. The Kier molecular flexibility index (Phi) is 3.38. The lowest BCUT2D eigenvalue weighted by Crippen LogP contribution is -1.94. The average Bonchev–Trinajstić information content (AvgIpc) is 2.90. The second-order valence-corrected chi connectivity index (χ2v) is 4.96. The van der Waals surface area contributed by atoms with Crippen LogP contribution in [0.3, 0.4) is 0 Å². The first kappa shape index (κ1) is 12.7. The van der Waals surface area contributed by atoms with Gasteiger partial charge < -0.3 is 0 Å². The van der Waals surface area contributed by atoms with E-state index in [0.717, 1.165) is 17.8 Å². The molecule has 100 valence electrons. The van der Waals surface area contributed by atoms with Crippen LogP contribution in [0.5, 0.6) is 0 Å². The largest absolute Gasteiger partial charge is 0.240 e. The minimum Gasteiger partial charge on any atom is -0.240 e. The molecule has 0 aliphatic carbocycles. The maximum atomic E-state index is 4.63. The van der Waals surface area contributed by atoms with Gasteiger partial charge >= 0.3 is 0 Å². The van der Waals surface area contributed by atoms with Gasteiger partial charge in [-0.25, -0.2) is 4.68 Å². The Labute approximate surface area is 119 Å². The molecule has 0 unspecified atom stereocenters. The number of benzene rings is 2. The van der Waals surface area contributed by atoms with Crippen molar-refractivity contribution in [3.63, 3.8) is 0 Å². The fourth-order valence-electron chi connectivity index (χ4n) is 2.38. The van der Waals surface area contributed by atoms with Crippen molar-refractivity contribution in [1.29, 1.82) is 0 Å². The minimum atomic E-state index is 1.05. The van der Waals surface area contributed by atoms with Crippen molar-refractivity contribution in [1.82, 2.24) is 9.78 Å². The summed E-state index contributed by atoms with van der Waals surface area (Å²) in [5, 5.41) is 4.63. The smallest absolute Gasteiger partial charge is 0.0676 e. The van der Waals surface area contributed by atoms with E-state index in [2.05, 4.69) is 73.7 Å². The van der Waals surface area contributed by atoms with Gasteiger partial charge in [0, 0.05) is 11.8 Å². The SMILES string of the molecule is CCc1ccc(-n2cc(-c3ccccc3)c(C)n2)cc1. The van der Waals surface area contributed by atoms with Crippen LogP contribution in [-0.2, 0) is 6.42 Å². The summed E-state index contributed by atoms with van der Waals surface area (Å²) >= 11 is 0. The van der Waals surface area contributed by atoms with Crippen molar-refractivity contribution in [3.8, 4) is 16.8 Å². The summed E-state index contributed by atoms with van der Waals surface area (Å²) in [6.45, 7) is 4.22. The van der Waals surface area contributed by atoms with Gasteiger partial charge in [-0.05, 0) is 36.6 Å². The van der Waals surface area contributed by atoms with Crippen LogP contribution in [0.15, 0.2) is 60.8 Å². The van der Waals surface area contributed by atoms with E-state index in [4.69, 9.17) is 0 Å². The number of aromatic nitrogens is 2. The first-order chi connectivity index (χ1) is 9.78. The Bertz CT molecular complexity index is 694. The van der Waals surface area contributed by atoms with Crippen molar-refractivity contribution < 1.29 is 0 Å². The average molecular weight is 262 g/mol. The highest BCUT2D eigenvalue weighted by Gasteiger charge is 2.08. The molecule has 2 aromatic carbocycles. The number of nitrogens with zero attached hydrogens (tertiary/aromatic N) is 2. The molecule has 0 saturated carbocycles. The van der Waals surface area contributed by atoms with Crippen LogP contribution in [0, 0.1) is 6.92 Å². The third-order valence-corrected chi connectivity index (χ3v) is 3.59. The predicted octanol–water partition coefficient (Wildman–Crippen LogP) is 4.41. The fraction of sp³-hybridized carbons (Fsp3) is 0.167. The fourth-order valence-corrected chi connectivity index (χ4v) is 2.38. The summed E-state index contributed by atoms with van der Waals surface area (Å²) in [5.74, 6) is 0. The normalized spacial score (nSPS) is 10.7. The molecule has 3 aromatic rings. The van der Waals surface area contributed by atoms with Crippen LogP contribution >= 0.6 is 0 Å². The first-order valence-corrected chi connectivity index (χ1v) is 6.99. The monoisotopic (exact) mass is 262 g/mol. The molecule has 0 aliphatic heterocycles. The van der Waals surface area contributed by atoms with Gasteiger partial charge in [-0.2, -0.15) is 5.10 Å². The highest BCUT2D eigenvalue weighted by atomic mass is 15.3. The van der Waals surface area contributed by atoms with E-state index >= 15 is 0 Å². The lowest BCUT2D eigenvalue weighted by atomic mass is 10.1. The zero-order chi connectivity index (χ0) is 13.9. The highest BCUT2D eigenvalue weighted by molar-refractivity contribution is 5.65. The second kappa shape index (κ2) is 5.33. The van der Waals surface area contributed by atoms with Crippen LogP contribution in [-0.4, -0.2) is 9.78 Å². The molecule has 0 saturated heterocycles. The number of rotatable bonds is 3. The second-order valence-electron chi connectivity index (χ2n) is 4.96. The summed E-state index contributed by atoms with van der Waals surface area (Å²) in [6, 6.07) is 19.0. The zero-order valence-corrected chi connectivity index (χ0v) is 11.9. The number of hydrogen-bond acceptors (Lipinski definition) is 1. The Hall–Kier alpha value is -2.35. The summed E-state index contributed by atoms with van der Waals surface area (Å²) in [6.07, 6.45) is 3.17. The number of hydrogen-bond donors (Lipinski definition) is 0. The molecular formula is C18H18N2. The molecule has 0 aliphatic rings. The van der Waals surface area contributed by atoms with E-state index in [1.165, 1.54) is 16.7 Å². The predicted molar refractivity (Wildman–Crippen MR) is 83.1 cm³/mol. The molecule has 0 spiro atoms. The maximum Gasteiger partial charge on any atom is 0.0676 e. The molecule has 1 aromatic heterocycles. The Morgan fingerprint density at radius 3 is 2.30 bits per heavy atom. The van der Waals surface area contributed by atoms with E-state index in [1.54, 1.807) is 0 Å². The molecule has 1 heterocycles. The summed E-state index contributed by atoms with van der Waals surface area (Å²) in [4.78, 5) is 0. The van der Waals surface area contributed by atoms with Crippen LogP contribution < -0.4 is 0 Å². The number of aryl methyl sites for hydroxylation is 2. The van der Waals surface area contributed by atoms with Gasteiger partial charge in [0.15, 0.2) is 0 Å². The van der Waals surface area contributed by atoms with Crippen LogP contribution in [0.25, 0.3) is 16.8 Å². The van der Waals surface area contributed by atoms with E-state index < -0.39 is 0 Å². The van der Waals surface area contributed by atoms with Gasteiger partial charge in [0.05, 0.1) is 11.4 Å². The summed E-state index contributed by atoms with van der Waals surface area (Å²) in [5.41, 5.74) is 5.90. The standard InChI is InChI=1S/C18H18N2/c1-3-15-9-11-17(12-10-15)20-13-18(14(2)19-20)16-7-5-4-6-8-16/h4-13H,3H2,1-2H3. The maximum absolute atomic E-state index is 4.63. The van der Waals surface area contributed by atoms with Gasteiger partial charge in [0.1, 0.15) is 0 Å². The van der Waals surface area contributed by atoms with Gasteiger partial charge in [0.2, 0.25) is 0 Å². The highest BCUT2D eigenvalue weighted by Crippen LogP contribution is 2.23. The van der Waals surface area contributed by atoms with E-state index in [-0.39, 0.29) is 0 Å². The lowest BCUT2D eigenvalue weighted by molar-refractivity contribution is 0.861. The van der Waals surface area contributed by atoms with Gasteiger partial charge in [-0.15, -0.1) is 0 Å². The minimum absolute atomic E-state index is 1.05. The third kappa shape index (κ3) is 2.37. The Morgan fingerprint density at radius 1 is 0.950 bits per heavy atom. The molecule has 20 heavy (non-hydrogen) atoms. The molecule has 3 rings (SSSR count). The molecular weight excluding hydrogens is 244 g/mol. The van der Waals surface area contributed by atoms with E-state index in [1.807, 2.05) is 10.7 Å². The van der Waals surface area contributed by atoms with Crippen LogP contribution in [0.1, 0.15) is 18.2 Å². The molecule has 0 amide bonds. The molecule has 2 heteroatoms. The summed E-state index contributed by atoms with van der Waals surface area (Å²) < 4.78 is 1.96. The topological polar surface area (TPSA) is 17.8 Å². The van der Waals surface area contributed by atoms with Crippen LogP contribution in [0.4, 0.5) is 0 Å². The molecule has 0 radical (unpaired) electrons. The Morgan fingerprint density at radius 2 is 1.65 bits per heavy atom. The first-order valence-electron chi connectivity index (χ1n) is 6.99. The van der Waals surface area contributed by atoms with Gasteiger partial charge in [-0.1, -0.05) is 49.4 Å².